The van der Waals surface area contributed by atoms with Crippen molar-refractivity contribution in [2.45, 2.75) is 26.4 Å². The van der Waals surface area contributed by atoms with E-state index in [1.165, 1.54) is 16.9 Å². The second kappa shape index (κ2) is 12.0. The van der Waals surface area contributed by atoms with Gasteiger partial charge < -0.3 is 21.3 Å². The lowest BCUT2D eigenvalue weighted by Crippen LogP contribution is -2.33. The Balaban J connectivity index is 1.52. The first-order chi connectivity index (χ1) is 19.7. The van der Waals surface area contributed by atoms with Crippen molar-refractivity contribution in [3.63, 3.8) is 0 Å². The lowest BCUT2D eigenvalue weighted by atomic mass is 9.89. The van der Waals surface area contributed by atoms with Crippen molar-refractivity contribution in [3.8, 4) is 11.1 Å². The van der Waals surface area contributed by atoms with Crippen molar-refractivity contribution in [2.24, 2.45) is 5.41 Å². The Bertz CT molecular complexity index is 1580. The van der Waals surface area contributed by atoms with Crippen molar-refractivity contribution in [1.29, 1.82) is 0 Å². The van der Waals surface area contributed by atoms with Gasteiger partial charge in [-0.05, 0) is 55.8 Å². The molecule has 0 atom stereocenters. The maximum Gasteiger partial charge on any atom is 0.433 e. The third-order valence-corrected chi connectivity index (χ3v) is 6.39. The molecular formula is C28H32F3N9O2. The molecule has 3 aromatic heterocycles. The number of hydrogen-bond donors (Lipinski definition) is 4. The van der Waals surface area contributed by atoms with Gasteiger partial charge in [-0.25, -0.2) is 19.3 Å². The highest BCUT2D eigenvalue weighted by molar-refractivity contribution is 6.07. The Morgan fingerprint density at radius 1 is 1.05 bits per heavy atom. The normalized spacial score (nSPS) is 12.0. The third kappa shape index (κ3) is 7.32. The number of carbonyl (C=O) groups is 2. The smallest absolute Gasteiger partial charge is 0.382 e. The number of nitrogens with zero attached hydrogens (tertiary/aromatic N) is 5. The fourth-order valence-corrected chi connectivity index (χ4v) is 4.71. The Morgan fingerprint density at radius 2 is 1.76 bits per heavy atom. The first-order valence-corrected chi connectivity index (χ1v) is 13.0. The Hall–Kier alpha value is -4.72. The number of carbonyl (C=O) groups excluding carboxylic acids is 2. The molecule has 14 heteroatoms. The summed E-state index contributed by atoms with van der Waals surface area (Å²) in [6, 6.07) is 8.96. The molecule has 1 aromatic carbocycles. The second-order valence-electron chi connectivity index (χ2n) is 10.8. The van der Waals surface area contributed by atoms with Crippen LogP contribution in [0.25, 0.3) is 16.6 Å². The van der Waals surface area contributed by atoms with E-state index in [0.29, 0.717) is 34.4 Å². The number of nitrogens with two attached hydrogens (primary N) is 1. The van der Waals surface area contributed by atoms with E-state index in [1.807, 2.05) is 14.1 Å². The van der Waals surface area contributed by atoms with Gasteiger partial charge in [-0.15, -0.1) is 0 Å². The summed E-state index contributed by atoms with van der Waals surface area (Å²) in [7, 11) is 4.01. The first-order valence-electron chi connectivity index (χ1n) is 13.0. The topological polar surface area (TPSA) is 143 Å². The molecular weight excluding hydrogens is 551 g/mol. The van der Waals surface area contributed by atoms with E-state index in [-0.39, 0.29) is 23.0 Å². The number of halogens is 3. The number of fused-ring (bicyclic) bond motifs is 1. The summed E-state index contributed by atoms with van der Waals surface area (Å²) in [4.78, 5) is 35.3. The number of benzene rings is 1. The number of anilines is 3. The largest absolute Gasteiger partial charge is 0.433 e. The van der Waals surface area contributed by atoms with Crippen LogP contribution in [0.2, 0.25) is 0 Å². The monoisotopic (exact) mass is 583 g/mol. The lowest BCUT2D eigenvalue weighted by Gasteiger charge is -2.28. The second-order valence-corrected chi connectivity index (χ2v) is 10.8. The number of nitrogen functional groups attached to an aromatic ring is 1. The SMILES string of the molecule is CN(C)CC(C)(C)CCNC(=O)c1cn2ncnc(N)c2c1-c1ccc(NC(=O)Nc2cccc(C(F)(F)F)n2)cc1. The fourth-order valence-electron chi connectivity index (χ4n) is 4.71. The average molecular weight is 584 g/mol. The molecule has 3 amide bonds. The number of nitrogens with one attached hydrogen (secondary N) is 3. The summed E-state index contributed by atoms with van der Waals surface area (Å²) in [6.07, 6.45) is -0.993. The van der Waals surface area contributed by atoms with Gasteiger partial charge in [0.2, 0.25) is 0 Å². The van der Waals surface area contributed by atoms with Gasteiger partial charge in [0, 0.05) is 30.5 Å². The summed E-state index contributed by atoms with van der Waals surface area (Å²) < 4.78 is 40.3. The van der Waals surface area contributed by atoms with Gasteiger partial charge in [0.1, 0.15) is 23.4 Å². The van der Waals surface area contributed by atoms with Gasteiger partial charge in [0.15, 0.2) is 5.82 Å². The van der Waals surface area contributed by atoms with E-state index < -0.39 is 17.9 Å². The fraction of sp³-hybridized carbons (Fsp3) is 0.321. The first kappa shape index (κ1) is 30.2. The maximum atomic E-state index is 13.3. The average Bonchev–Trinajstić information content (AvgIpc) is 3.29. The summed E-state index contributed by atoms with van der Waals surface area (Å²) in [5.41, 5.74) is 7.32. The van der Waals surface area contributed by atoms with Crippen LogP contribution in [-0.2, 0) is 6.18 Å². The molecule has 0 unspecified atom stereocenters. The van der Waals surface area contributed by atoms with Crippen LogP contribution in [0.1, 0.15) is 36.3 Å². The van der Waals surface area contributed by atoms with Gasteiger partial charge in [-0.3, -0.25) is 10.1 Å². The quantitative estimate of drug-likeness (QED) is 0.223. The molecule has 3 heterocycles. The van der Waals surface area contributed by atoms with Crippen LogP contribution in [-0.4, -0.2) is 63.6 Å². The Kier molecular flexibility index (Phi) is 8.66. The number of pyridine rings is 1. The number of amides is 3. The molecule has 0 bridgehead atoms. The molecule has 5 N–H and O–H groups in total. The zero-order chi connectivity index (χ0) is 30.7. The van der Waals surface area contributed by atoms with Crippen LogP contribution in [0, 0.1) is 5.41 Å². The van der Waals surface area contributed by atoms with Gasteiger partial charge >= 0.3 is 12.2 Å². The standard InChI is InChI=1S/C28H32F3N9O2/c1-27(2,15-39(3)4)12-13-33-25(41)19-14-40-23(24(32)34-16-35-40)22(19)17-8-10-18(11-9-17)36-26(42)38-21-7-5-6-20(37-21)28(29,30)31/h5-11,14,16H,12-13,15H2,1-4H3,(H,33,41)(H2,32,34,35)(H2,36,37,38,42). The molecule has 0 aliphatic carbocycles. The lowest BCUT2D eigenvalue weighted by molar-refractivity contribution is -0.141. The minimum atomic E-state index is -4.64. The molecule has 11 nitrogen and oxygen atoms in total. The molecule has 0 saturated carbocycles. The van der Waals surface area contributed by atoms with Gasteiger partial charge in [0.05, 0.1) is 5.56 Å². The molecule has 42 heavy (non-hydrogen) atoms. The Morgan fingerprint density at radius 3 is 2.43 bits per heavy atom. The van der Waals surface area contributed by atoms with Gasteiger partial charge in [-0.2, -0.15) is 18.3 Å². The van der Waals surface area contributed by atoms with E-state index in [2.05, 4.69) is 49.8 Å². The number of rotatable bonds is 9. The predicted octanol–water partition coefficient (Wildman–Crippen LogP) is 4.74. The van der Waals surface area contributed by atoms with E-state index in [9.17, 15) is 22.8 Å². The maximum absolute atomic E-state index is 13.3. The predicted molar refractivity (Wildman–Crippen MR) is 154 cm³/mol. The van der Waals surface area contributed by atoms with Crippen LogP contribution in [0.15, 0.2) is 55.0 Å². The number of hydrogen-bond acceptors (Lipinski definition) is 7. The van der Waals surface area contributed by atoms with E-state index in [4.69, 9.17) is 5.73 Å². The van der Waals surface area contributed by atoms with E-state index in [1.54, 1.807) is 30.5 Å². The van der Waals surface area contributed by atoms with Crippen molar-refractivity contribution >= 4 is 34.8 Å². The molecule has 0 aliphatic heterocycles. The van der Waals surface area contributed by atoms with Gasteiger partial charge in [-0.1, -0.05) is 32.0 Å². The van der Waals surface area contributed by atoms with E-state index in [0.717, 1.165) is 25.1 Å². The number of urea groups is 1. The van der Waals surface area contributed by atoms with Crippen LogP contribution in [0.5, 0.6) is 0 Å². The highest BCUT2D eigenvalue weighted by atomic mass is 19.4. The van der Waals surface area contributed by atoms with Crippen molar-refractivity contribution in [2.75, 3.05) is 43.6 Å². The summed E-state index contributed by atoms with van der Waals surface area (Å²) >= 11 is 0. The summed E-state index contributed by atoms with van der Waals surface area (Å²) in [5, 5.41) is 12.0. The summed E-state index contributed by atoms with van der Waals surface area (Å²) in [6.45, 7) is 5.61. The molecule has 222 valence electrons. The van der Waals surface area contributed by atoms with Crippen molar-refractivity contribution < 1.29 is 22.8 Å². The molecule has 0 aliphatic rings. The number of alkyl halides is 3. The molecule has 0 fully saturated rings. The molecule has 4 rings (SSSR count). The van der Waals surface area contributed by atoms with Crippen LogP contribution in [0.3, 0.4) is 0 Å². The molecule has 0 radical (unpaired) electrons. The Labute approximate surface area is 240 Å². The summed E-state index contributed by atoms with van der Waals surface area (Å²) in [5.74, 6) is -0.373. The molecule has 0 saturated heterocycles. The van der Waals surface area contributed by atoms with Crippen LogP contribution < -0.4 is 21.7 Å². The minimum absolute atomic E-state index is 0.00663. The minimum Gasteiger partial charge on any atom is -0.382 e. The van der Waals surface area contributed by atoms with E-state index >= 15 is 0 Å². The zero-order valence-electron chi connectivity index (χ0n) is 23.6. The molecule has 0 spiro atoms. The molecule has 4 aromatic rings. The highest BCUT2D eigenvalue weighted by Crippen LogP contribution is 2.33. The number of aromatic nitrogens is 4. The highest BCUT2D eigenvalue weighted by Gasteiger charge is 2.32. The van der Waals surface area contributed by atoms with Crippen LogP contribution in [0.4, 0.5) is 35.3 Å². The van der Waals surface area contributed by atoms with Gasteiger partial charge in [0.25, 0.3) is 5.91 Å². The van der Waals surface area contributed by atoms with Crippen molar-refractivity contribution in [1.82, 2.24) is 29.8 Å². The van der Waals surface area contributed by atoms with Crippen molar-refractivity contribution in [3.05, 3.63) is 66.2 Å². The van der Waals surface area contributed by atoms with Crippen LogP contribution >= 0.6 is 0 Å². The zero-order valence-corrected chi connectivity index (χ0v) is 23.6. The third-order valence-electron chi connectivity index (χ3n) is 6.39.